The van der Waals surface area contributed by atoms with Crippen molar-refractivity contribution in [2.75, 3.05) is 0 Å². The van der Waals surface area contributed by atoms with Crippen LogP contribution in [0.3, 0.4) is 0 Å². The molecule has 0 radical (unpaired) electrons. The third-order valence-corrected chi connectivity index (χ3v) is 6.24. The molecule has 1 unspecified atom stereocenters. The van der Waals surface area contributed by atoms with Gasteiger partial charge in [-0.05, 0) is 51.0 Å². The van der Waals surface area contributed by atoms with Crippen LogP contribution in [-0.4, -0.2) is 59.6 Å². The molecule has 1 aliphatic rings. The second-order valence-electron chi connectivity index (χ2n) is 11.8. The van der Waals surface area contributed by atoms with Crippen LogP contribution in [0.15, 0.2) is 42.5 Å². The second-order valence-corrected chi connectivity index (χ2v) is 11.8. The van der Waals surface area contributed by atoms with Crippen molar-refractivity contribution in [3.63, 3.8) is 0 Å². The summed E-state index contributed by atoms with van der Waals surface area (Å²) in [5.74, 6) is -2.99. The predicted molar refractivity (Wildman–Crippen MR) is 153 cm³/mol. The summed E-state index contributed by atoms with van der Waals surface area (Å²) < 4.78 is 10.8. The van der Waals surface area contributed by atoms with Crippen LogP contribution in [0.1, 0.15) is 66.9 Å². The van der Waals surface area contributed by atoms with Gasteiger partial charge in [-0.25, -0.2) is 9.59 Å². The molecule has 0 spiro atoms. The first-order valence-corrected chi connectivity index (χ1v) is 13.9. The molecule has 1 aliphatic heterocycles. The van der Waals surface area contributed by atoms with E-state index in [1.165, 1.54) is 0 Å². The molecule has 4 atom stereocenters. The van der Waals surface area contributed by atoms with Crippen molar-refractivity contribution in [1.29, 1.82) is 0 Å². The van der Waals surface area contributed by atoms with Crippen LogP contribution in [0.25, 0.3) is 0 Å². The van der Waals surface area contributed by atoms with E-state index < -0.39 is 59.6 Å². The summed E-state index contributed by atoms with van der Waals surface area (Å²) in [5, 5.41) is 10.7. The number of carbonyl (C=O) groups excluding carboxylic acids is 5. The molecule has 226 valence electrons. The predicted octanol–water partition coefficient (Wildman–Crippen LogP) is 2.74. The number of hydrogen-bond acceptors (Lipinski definition) is 7. The Kier molecular flexibility index (Phi) is 12.4. The molecule has 1 aromatic rings. The molecule has 0 aliphatic carbocycles. The molecule has 11 nitrogen and oxygen atoms in total. The Hall–Kier alpha value is -3.89. The molecule has 0 bridgehead atoms. The summed E-state index contributed by atoms with van der Waals surface area (Å²) in [6, 6.07) is 5.07. The third-order valence-electron chi connectivity index (χ3n) is 6.24. The van der Waals surface area contributed by atoms with E-state index in [1.807, 2.05) is 30.3 Å². The number of esters is 1. The zero-order chi connectivity index (χ0) is 30.7. The van der Waals surface area contributed by atoms with Gasteiger partial charge in [0.2, 0.25) is 17.7 Å². The highest BCUT2D eigenvalue weighted by Gasteiger charge is 2.34. The van der Waals surface area contributed by atoms with Gasteiger partial charge in [0.25, 0.3) is 0 Å². The number of hydrogen-bond donors (Lipinski definition) is 4. The number of amides is 4. The fraction of sp³-hybridized carbons (Fsp3) is 0.567. The highest BCUT2D eigenvalue weighted by atomic mass is 16.6. The van der Waals surface area contributed by atoms with Crippen molar-refractivity contribution in [3.8, 4) is 0 Å². The zero-order valence-electron chi connectivity index (χ0n) is 25.0. The largest absolute Gasteiger partial charge is 0.459 e. The minimum Gasteiger partial charge on any atom is -0.459 e. The lowest BCUT2D eigenvalue weighted by atomic mass is 9.98. The third kappa shape index (κ3) is 11.3. The lowest BCUT2D eigenvalue weighted by Gasteiger charge is -2.29. The molecule has 4 amide bonds. The number of alkyl carbamates (subject to hydrolysis) is 1. The lowest BCUT2D eigenvalue weighted by molar-refractivity contribution is -0.149. The first-order chi connectivity index (χ1) is 19.2. The Labute approximate surface area is 242 Å². The van der Waals surface area contributed by atoms with Crippen LogP contribution in [0.4, 0.5) is 4.79 Å². The maximum absolute atomic E-state index is 13.3. The van der Waals surface area contributed by atoms with Gasteiger partial charge < -0.3 is 30.7 Å². The number of benzene rings is 1. The van der Waals surface area contributed by atoms with Gasteiger partial charge in [0.1, 0.15) is 36.4 Å². The lowest BCUT2D eigenvalue weighted by Crippen LogP contribution is -2.60. The summed E-state index contributed by atoms with van der Waals surface area (Å²) in [6.07, 6.45) is 2.59. The zero-order valence-corrected chi connectivity index (χ0v) is 25.0. The van der Waals surface area contributed by atoms with Crippen molar-refractivity contribution >= 4 is 29.8 Å². The quantitative estimate of drug-likeness (QED) is 0.302. The molecule has 0 saturated heterocycles. The van der Waals surface area contributed by atoms with E-state index in [1.54, 1.807) is 60.6 Å². The van der Waals surface area contributed by atoms with Crippen molar-refractivity contribution in [1.82, 2.24) is 21.3 Å². The van der Waals surface area contributed by atoms with Gasteiger partial charge in [-0.1, -0.05) is 70.2 Å². The van der Waals surface area contributed by atoms with Crippen molar-refractivity contribution in [2.24, 2.45) is 11.8 Å². The monoisotopic (exact) mass is 572 g/mol. The molecule has 1 heterocycles. The molecule has 11 heteroatoms. The fourth-order valence-corrected chi connectivity index (χ4v) is 4.02. The average molecular weight is 573 g/mol. The summed E-state index contributed by atoms with van der Waals surface area (Å²) in [6.45, 7) is 12.2. The van der Waals surface area contributed by atoms with Crippen LogP contribution in [0.2, 0.25) is 0 Å². The highest BCUT2D eigenvalue weighted by molar-refractivity contribution is 5.95. The van der Waals surface area contributed by atoms with E-state index in [0.29, 0.717) is 0 Å². The molecule has 0 saturated carbocycles. The normalized spacial score (nSPS) is 23.5. The van der Waals surface area contributed by atoms with Crippen LogP contribution in [-0.2, 0) is 35.3 Å². The molecule has 41 heavy (non-hydrogen) atoms. The first-order valence-electron chi connectivity index (χ1n) is 13.9. The van der Waals surface area contributed by atoms with Crippen molar-refractivity contribution < 1.29 is 33.4 Å². The number of ether oxygens (including phenoxy) is 2. The Morgan fingerprint density at radius 2 is 1.39 bits per heavy atom. The van der Waals surface area contributed by atoms with Gasteiger partial charge in [-0.15, -0.1) is 0 Å². The maximum Gasteiger partial charge on any atom is 0.408 e. The van der Waals surface area contributed by atoms with E-state index in [9.17, 15) is 24.0 Å². The molecule has 0 aromatic heterocycles. The molecule has 0 fully saturated rings. The van der Waals surface area contributed by atoms with E-state index >= 15 is 0 Å². The fourth-order valence-electron chi connectivity index (χ4n) is 4.02. The maximum atomic E-state index is 13.3. The van der Waals surface area contributed by atoms with E-state index in [4.69, 9.17) is 9.47 Å². The smallest absolute Gasteiger partial charge is 0.408 e. The van der Waals surface area contributed by atoms with Gasteiger partial charge in [-0.2, -0.15) is 0 Å². The second kappa shape index (κ2) is 15.2. The van der Waals surface area contributed by atoms with E-state index in [-0.39, 0.29) is 31.3 Å². The van der Waals surface area contributed by atoms with E-state index in [0.717, 1.165) is 5.56 Å². The number of nitrogens with one attached hydrogen (secondary N) is 4. The standard InChI is InChI=1S/C30H44N4O7/c1-18(2)23-26(36)31-22(28(38)40-17-20-13-9-8-10-14-20)16-12-11-15-21(32-29(39)41-30(5,6)7)25(35)33-24(19(3)4)27(37)34-23/h8-14,18-19,21-24H,15-17H2,1-7H3,(H,31,36)(H,32,39)(H,33,35)(H,34,37)/b12-11+/t21-,22?,23-,24-/m0/s1. The average Bonchev–Trinajstić information content (AvgIpc) is 2.88. The first kappa shape index (κ1) is 33.3. The molecule has 1 aromatic carbocycles. The molecule has 4 N–H and O–H groups in total. The van der Waals surface area contributed by atoms with Crippen LogP contribution >= 0.6 is 0 Å². The van der Waals surface area contributed by atoms with Gasteiger partial charge >= 0.3 is 12.1 Å². The Morgan fingerprint density at radius 1 is 0.854 bits per heavy atom. The number of carbonyl (C=O) groups is 5. The van der Waals surface area contributed by atoms with Crippen LogP contribution in [0, 0.1) is 11.8 Å². The van der Waals surface area contributed by atoms with Gasteiger partial charge in [-0.3, -0.25) is 14.4 Å². The van der Waals surface area contributed by atoms with E-state index in [2.05, 4.69) is 21.3 Å². The van der Waals surface area contributed by atoms with Gasteiger partial charge in [0.15, 0.2) is 0 Å². The Balaban J connectivity index is 2.36. The van der Waals surface area contributed by atoms with Gasteiger partial charge in [0, 0.05) is 0 Å². The molecular formula is C30H44N4O7. The summed E-state index contributed by atoms with van der Waals surface area (Å²) in [7, 11) is 0. The molecule has 2 rings (SSSR count). The highest BCUT2D eigenvalue weighted by Crippen LogP contribution is 2.12. The van der Waals surface area contributed by atoms with Crippen LogP contribution < -0.4 is 21.3 Å². The van der Waals surface area contributed by atoms with Crippen LogP contribution in [0.5, 0.6) is 0 Å². The SMILES string of the molecule is CC(C)[C@@H]1NC(=O)[C@@H](NC(=O)OC(C)(C)C)C/C=C/CC(C(=O)OCc2ccccc2)NC(=O)[C@H](C(C)C)NC1=O. The number of rotatable bonds is 6. The van der Waals surface area contributed by atoms with Gasteiger partial charge in [0.05, 0.1) is 0 Å². The summed E-state index contributed by atoms with van der Waals surface area (Å²) in [4.78, 5) is 65.4. The van der Waals surface area contributed by atoms with Crippen molar-refractivity contribution in [2.45, 2.75) is 97.7 Å². The molecular weight excluding hydrogens is 528 g/mol. The minimum atomic E-state index is -1.06. The Morgan fingerprint density at radius 3 is 1.95 bits per heavy atom. The minimum absolute atomic E-state index is 0.0260. The topological polar surface area (TPSA) is 152 Å². The summed E-state index contributed by atoms with van der Waals surface area (Å²) in [5.41, 5.74) is 0.00752. The Bertz CT molecular complexity index is 1100. The van der Waals surface area contributed by atoms with Crippen molar-refractivity contribution in [3.05, 3.63) is 48.0 Å². The summed E-state index contributed by atoms with van der Waals surface area (Å²) >= 11 is 0.